The summed E-state index contributed by atoms with van der Waals surface area (Å²) in [5.74, 6) is -0.631. The first-order chi connectivity index (χ1) is 10.4. The number of hydrogen-bond acceptors (Lipinski definition) is 3. The minimum Gasteiger partial charge on any atom is -0.477 e. The van der Waals surface area contributed by atoms with Crippen LogP contribution in [0.25, 0.3) is 21.5 Å². The van der Waals surface area contributed by atoms with Crippen LogP contribution < -0.4 is 0 Å². The van der Waals surface area contributed by atoms with Gasteiger partial charge in [-0.2, -0.15) is 0 Å². The van der Waals surface area contributed by atoms with Gasteiger partial charge in [-0.05, 0) is 31.0 Å². The van der Waals surface area contributed by atoms with Gasteiger partial charge in [0.25, 0.3) is 0 Å². The number of thiazole rings is 1. The van der Waals surface area contributed by atoms with Crippen LogP contribution in [-0.2, 0) is 0 Å². The Morgan fingerprint density at radius 3 is 2.73 bits per heavy atom. The van der Waals surface area contributed by atoms with Gasteiger partial charge in [-0.1, -0.05) is 25.4 Å². The molecule has 0 aliphatic rings. The van der Waals surface area contributed by atoms with Crippen LogP contribution in [0.1, 0.15) is 40.8 Å². The highest BCUT2D eigenvalue weighted by molar-refractivity contribution is 7.17. The van der Waals surface area contributed by atoms with Crippen LogP contribution in [0.5, 0.6) is 0 Å². The van der Waals surface area contributed by atoms with Gasteiger partial charge in [0.1, 0.15) is 9.88 Å². The molecule has 0 saturated carbocycles. The Morgan fingerprint density at radius 2 is 2.14 bits per heavy atom. The third-order valence-electron chi connectivity index (χ3n) is 3.58. The van der Waals surface area contributed by atoms with Crippen molar-refractivity contribution in [2.24, 2.45) is 0 Å². The molecule has 3 rings (SSSR count). The van der Waals surface area contributed by atoms with Gasteiger partial charge in [-0.3, -0.25) is 0 Å². The van der Waals surface area contributed by atoms with Crippen LogP contribution in [0.2, 0.25) is 5.02 Å². The highest BCUT2D eigenvalue weighted by Gasteiger charge is 2.17. The molecule has 1 aromatic carbocycles. The molecule has 2 aromatic heterocycles. The predicted octanol–water partition coefficient (Wildman–Crippen LogP) is 5.07. The molecular weight excluding hydrogens is 320 g/mol. The van der Waals surface area contributed by atoms with E-state index in [-0.39, 0.29) is 4.88 Å². The monoisotopic (exact) mass is 334 g/mol. The smallest absolute Gasteiger partial charge is 0.347 e. The standard InChI is InChI=1S/C16H15ClN2O2S/c1-7(2)13-12(17)10-6-9(4-5-11(10)19-13)15-18-8(3)14(22-15)16(20)21/h4-7,19H,1-3H3,(H,20,21). The zero-order valence-electron chi connectivity index (χ0n) is 12.4. The molecule has 114 valence electrons. The molecule has 0 bridgehead atoms. The third kappa shape index (κ3) is 2.40. The summed E-state index contributed by atoms with van der Waals surface area (Å²) in [6, 6.07) is 5.85. The summed E-state index contributed by atoms with van der Waals surface area (Å²) < 4.78 is 0. The fraction of sp³-hybridized carbons (Fsp3) is 0.250. The summed E-state index contributed by atoms with van der Waals surface area (Å²) in [6.07, 6.45) is 0. The maximum atomic E-state index is 11.2. The Balaban J connectivity index is 2.14. The lowest BCUT2D eigenvalue weighted by Crippen LogP contribution is -1.94. The first-order valence-corrected chi connectivity index (χ1v) is 8.10. The Hall–Kier alpha value is -1.85. The van der Waals surface area contributed by atoms with Crippen molar-refractivity contribution >= 4 is 39.8 Å². The van der Waals surface area contributed by atoms with Gasteiger partial charge >= 0.3 is 5.97 Å². The van der Waals surface area contributed by atoms with E-state index < -0.39 is 5.97 Å². The summed E-state index contributed by atoms with van der Waals surface area (Å²) in [4.78, 5) is 19.1. The number of halogens is 1. The van der Waals surface area contributed by atoms with E-state index in [0.29, 0.717) is 16.6 Å². The van der Waals surface area contributed by atoms with E-state index >= 15 is 0 Å². The van der Waals surface area contributed by atoms with Crippen LogP contribution in [0, 0.1) is 6.92 Å². The Bertz CT molecular complexity index is 880. The third-order valence-corrected chi connectivity index (χ3v) is 5.18. The summed E-state index contributed by atoms with van der Waals surface area (Å²) in [5.41, 5.74) is 3.40. The first kappa shape index (κ1) is 15.1. The summed E-state index contributed by atoms with van der Waals surface area (Å²) in [7, 11) is 0. The van der Waals surface area contributed by atoms with Gasteiger partial charge in [0, 0.05) is 22.2 Å². The van der Waals surface area contributed by atoms with E-state index in [1.165, 1.54) is 11.3 Å². The number of nitrogens with one attached hydrogen (secondary N) is 1. The SMILES string of the molecule is Cc1nc(-c2ccc3[nH]c(C(C)C)c(Cl)c3c2)sc1C(=O)O. The molecule has 0 atom stereocenters. The second-order valence-corrected chi connectivity index (χ2v) is 6.88. The predicted molar refractivity (Wildman–Crippen MR) is 90.2 cm³/mol. The maximum absolute atomic E-state index is 11.2. The van der Waals surface area contributed by atoms with Gasteiger partial charge in [0.2, 0.25) is 0 Å². The van der Waals surface area contributed by atoms with Crippen LogP contribution >= 0.6 is 22.9 Å². The number of aromatic carboxylic acids is 1. The van der Waals surface area contributed by atoms with Crippen molar-refractivity contribution in [3.63, 3.8) is 0 Å². The number of benzene rings is 1. The van der Waals surface area contributed by atoms with E-state index in [9.17, 15) is 4.79 Å². The summed E-state index contributed by atoms with van der Waals surface area (Å²) >= 11 is 7.64. The maximum Gasteiger partial charge on any atom is 0.347 e. The molecule has 4 nitrogen and oxygen atoms in total. The number of aromatic nitrogens is 2. The van der Waals surface area contributed by atoms with Crippen molar-refractivity contribution in [1.29, 1.82) is 0 Å². The molecule has 2 heterocycles. The van der Waals surface area contributed by atoms with Crippen molar-refractivity contribution in [2.75, 3.05) is 0 Å². The fourth-order valence-electron chi connectivity index (χ4n) is 2.43. The van der Waals surface area contributed by atoms with Crippen LogP contribution in [0.4, 0.5) is 0 Å². The van der Waals surface area contributed by atoms with Crippen molar-refractivity contribution < 1.29 is 9.90 Å². The van der Waals surface area contributed by atoms with Gasteiger partial charge in [-0.25, -0.2) is 9.78 Å². The molecule has 0 radical (unpaired) electrons. The lowest BCUT2D eigenvalue weighted by molar-refractivity contribution is 0.0701. The summed E-state index contributed by atoms with van der Waals surface area (Å²) in [6.45, 7) is 5.88. The van der Waals surface area contributed by atoms with Gasteiger partial charge < -0.3 is 10.1 Å². The Labute approximate surface area is 136 Å². The van der Waals surface area contributed by atoms with Crippen LogP contribution in [0.15, 0.2) is 18.2 Å². The number of aromatic amines is 1. The van der Waals surface area contributed by atoms with E-state index in [1.807, 2.05) is 18.2 Å². The first-order valence-electron chi connectivity index (χ1n) is 6.90. The zero-order valence-corrected chi connectivity index (χ0v) is 14.0. The number of fused-ring (bicyclic) bond motifs is 1. The average molecular weight is 335 g/mol. The molecule has 0 fully saturated rings. The van der Waals surface area contributed by atoms with E-state index in [1.54, 1.807) is 6.92 Å². The molecule has 0 amide bonds. The molecule has 0 aliphatic heterocycles. The van der Waals surface area contributed by atoms with Crippen LogP contribution in [0.3, 0.4) is 0 Å². The van der Waals surface area contributed by atoms with E-state index in [4.69, 9.17) is 16.7 Å². The van der Waals surface area contributed by atoms with E-state index in [2.05, 4.69) is 23.8 Å². The largest absolute Gasteiger partial charge is 0.477 e. The highest BCUT2D eigenvalue weighted by Crippen LogP contribution is 2.36. The minimum atomic E-state index is -0.941. The molecular formula is C16H15ClN2O2S. The van der Waals surface area contributed by atoms with Crippen molar-refractivity contribution in [3.05, 3.63) is 39.5 Å². The van der Waals surface area contributed by atoms with Gasteiger partial charge in [0.05, 0.1) is 10.7 Å². The topological polar surface area (TPSA) is 66.0 Å². The summed E-state index contributed by atoms with van der Waals surface area (Å²) in [5, 5.41) is 11.5. The number of carbonyl (C=O) groups is 1. The molecule has 6 heteroatoms. The number of nitrogens with zero attached hydrogens (tertiary/aromatic N) is 1. The zero-order chi connectivity index (χ0) is 16.0. The second-order valence-electron chi connectivity index (χ2n) is 5.51. The molecule has 0 aliphatic carbocycles. The van der Waals surface area contributed by atoms with Gasteiger partial charge in [0.15, 0.2) is 0 Å². The quantitative estimate of drug-likeness (QED) is 0.702. The second kappa shape index (κ2) is 5.41. The number of rotatable bonds is 3. The van der Waals surface area contributed by atoms with Crippen molar-refractivity contribution in [2.45, 2.75) is 26.7 Å². The fourth-order valence-corrected chi connectivity index (χ4v) is 3.75. The number of aryl methyl sites for hydroxylation is 1. The number of carboxylic acid groups (broad SMARTS) is 1. The number of H-pyrrole nitrogens is 1. The minimum absolute atomic E-state index is 0.276. The molecule has 0 spiro atoms. The molecule has 0 saturated heterocycles. The van der Waals surface area contributed by atoms with Crippen molar-refractivity contribution in [3.8, 4) is 10.6 Å². The molecule has 0 unspecified atom stereocenters. The molecule has 22 heavy (non-hydrogen) atoms. The van der Waals surface area contributed by atoms with E-state index in [0.717, 1.165) is 27.2 Å². The number of carboxylic acids is 1. The molecule has 3 aromatic rings. The Kier molecular flexibility index (Phi) is 3.70. The van der Waals surface area contributed by atoms with Gasteiger partial charge in [-0.15, -0.1) is 11.3 Å². The van der Waals surface area contributed by atoms with Crippen molar-refractivity contribution in [1.82, 2.24) is 9.97 Å². The highest BCUT2D eigenvalue weighted by atomic mass is 35.5. The Morgan fingerprint density at radius 1 is 1.41 bits per heavy atom. The lowest BCUT2D eigenvalue weighted by Gasteiger charge is -2.00. The number of hydrogen-bond donors (Lipinski definition) is 2. The average Bonchev–Trinajstić information content (AvgIpc) is 3.00. The normalized spacial score (nSPS) is 11.5. The van der Waals surface area contributed by atoms with Crippen LogP contribution in [-0.4, -0.2) is 21.0 Å². The lowest BCUT2D eigenvalue weighted by atomic mass is 10.1. The molecule has 2 N–H and O–H groups in total.